The van der Waals surface area contributed by atoms with Crippen molar-refractivity contribution in [2.75, 3.05) is 5.32 Å². The second-order valence-electron chi connectivity index (χ2n) is 6.23. The number of aryl methyl sites for hydroxylation is 1. The minimum absolute atomic E-state index is 0.169. The molecule has 1 amide bonds. The number of carbonyl (C=O) groups excluding carboxylic acids is 1. The normalized spacial score (nSPS) is 10.8. The lowest BCUT2D eigenvalue weighted by Gasteiger charge is -2.11. The van der Waals surface area contributed by atoms with E-state index in [4.69, 9.17) is 0 Å². The van der Waals surface area contributed by atoms with Crippen LogP contribution in [0.5, 0.6) is 0 Å². The minimum atomic E-state index is -0.413. The van der Waals surface area contributed by atoms with Crippen LogP contribution in [0.3, 0.4) is 0 Å². The number of fused-ring (bicyclic) bond motifs is 1. The fraction of sp³-hybridized carbons (Fsp3) is 0.0476. The second-order valence-corrected chi connectivity index (χ2v) is 6.23. The molecule has 0 saturated heterocycles. The lowest BCUT2D eigenvalue weighted by molar-refractivity contribution is 0.102. The smallest absolute Gasteiger partial charge is 0.271 e. The molecular weight excluding hydrogens is 356 g/mol. The summed E-state index contributed by atoms with van der Waals surface area (Å²) in [7, 11) is 0. The van der Waals surface area contributed by atoms with E-state index in [1.54, 1.807) is 55.5 Å². The number of hydrogen-bond acceptors (Lipinski definition) is 4. The molecule has 0 aliphatic heterocycles. The zero-order valence-electron chi connectivity index (χ0n) is 15.0. The van der Waals surface area contributed by atoms with Gasteiger partial charge in [0.2, 0.25) is 0 Å². The topological polar surface area (TPSA) is 96.8 Å². The van der Waals surface area contributed by atoms with Gasteiger partial charge in [0.15, 0.2) is 0 Å². The van der Waals surface area contributed by atoms with Crippen LogP contribution in [0.15, 0.2) is 76.4 Å². The van der Waals surface area contributed by atoms with Gasteiger partial charge in [-0.05, 0) is 55.5 Å². The SMILES string of the molecule is Cc1nc2ccccc2c(=O)n1-c1ccc(C(=O)Nc2ccc[nH]c2=O)cc1. The Hall–Kier alpha value is -4.00. The van der Waals surface area contributed by atoms with Crippen LogP contribution < -0.4 is 16.4 Å². The molecule has 0 fully saturated rings. The Morgan fingerprint density at radius 2 is 1.75 bits per heavy atom. The largest absolute Gasteiger partial charge is 0.327 e. The van der Waals surface area contributed by atoms with Crippen molar-refractivity contribution < 1.29 is 4.79 Å². The van der Waals surface area contributed by atoms with Gasteiger partial charge in [-0.15, -0.1) is 0 Å². The number of hydrogen-bond donors (Lipinski definition) is 2. The van der Waals surface area contributed by atoms with Crippen molar-refractivity contribution in [3.05, 3.63) is 99.0 Å². The Labute approximate surface area is 159 Å². The van der Waals surface area contributed by atoms with Gasteiger partial charge in [0.25, 0.3) is 17.0 Å². The van der Waals surface area contributed by atoms with Crippen LogP contribution in [0.2, 0.25) is 0 Å². The molecule has 2 heterocycles. The fourth-order valence-corrected chi connectivity index (χ4v) is 3.02. The third-order valence-corrected chi connectivity index (χ3v) is 4.40. The summed E-state index contributed by atoms with van der Waals surface area (Å²) in [4.78, 5) is 43.9. The summed E-state index contributed by atoms with van der Waals surface area (Å²) in [5.41, 5.74) is 1.24. The van der Waals surface area contributed by atoms with Crippen molar-refractivity contribution in [3.8, 4) is 5.69 Å². The lowest BCUT2D eigenvalue weighted by atomic mass is 10.1. The summed E-state index contributed by atoms with van der Waals surface area (Å²) in [6.07, 6.45) is 1.49. The molecular formula is C21H16N4O3. The number of carbonyl (C=O) groups is 1. The number of rotatable bonds is 3. The second kappa shape index (κ2) is 6.96. The molecule has 2 aromatic carbocycles. The predicted octanol–water partition coefficient (Wildman–Crippen LogP) is 2.63. The first-order valence-corrected chi connectivity index (χ1v) is 8.62. The van der Waals surface area contributed by atoms with Crippen LogP contribution in [-0.4, -0.2) is 20.4 Å². The average Bonchev–Trinajstić information content (AvgIpc) is 2.70. The maximum absolute atomic E-state index is 12.9. The predicted molar refractivity (Wildman–Crippen MR) is 107 cm³/mol. The van der Waals surface area contributed by atoms with Gasteiger partial charge in [0.05, 0.1) is 16.6 Å². The number of H-pyrrole nitrogens is 1. The Morgan fingerprint density at radius 1 is 1.00 bits per heavy atom. The number of amides is 1. The Morgan fingerprint density at radius 3 is 2.50 bits per heavy atom. The maximum Gasteiger partial charge on any atom is 0.271 e. The van der Waals surface area contributed by atoms with Gasteiger partial charge in [-0.25, -0.2) is 4.98 Å². The van der Waals surface area contributed by atoms with Crippen molar-refractivity contribution in [2.45, 2.75) is 6.92 Å². The molecule has 0 spiro atoms. The van der Waals surface area contributed by atoms with Crippen LogP contribution in [0.4, 0.5) is 5.69 Å². The van der Waals surface area contributed by atoms with Crippen LogP contribution in [-0.2, 0) is 0 Å². The van der Waals surface area contributed by atoms with Crippen LogP contribution >= 0.6 is 0 Å². The molecule has 0 bridgehead atoms. The van der Waals surface area contributed by atoms with Crippen LogP contribution in [0.1, 0.15) is 16.2 Å². The summed E-state index contributed by atoms with van der Waals surface area (Å²) in [5.74, 6) is 0.140. The van der Waals surface area contributed by atoms with Crippen molar-refractivity contribution in [1.82, 2.24) is 14.5 Å². The summed E-state index contributed by atoms with van der Waals surface area (Å²) in [5, 5.41) is 3.10. The molecule has 2 aromatic heterocycles. The number of para-hydroxylation sites is 1. The molecule has 4 aromatic rings. The van der Waals surface area contributed by atoms with Crippen molar-refractivity contribution in [1.29, 1.82) is 0 Å². The number of anilines is 1. The number of nitrogens with zero attached hydrogens (tertiary/aromatic N) is 2. The number of aromatic nitrogens is 3. The molecule has 0 atom stereocenters. The summed E-state index contributed by atoms with van der Waals surface area (Å²) in [6.45, 7) is 1.76. The first-order valence-electron chi connectivity index (χ1n) is 8.62. The van der Waals surface area contributed by atoms with E-state index in [-0.39, 0.29) is 16.8 Å². The van der Waals surface area contributed by atoms with Gasteiger partial charge in [0, 0.05) is 11.8 Å². The van der Waals surface area contributed by atoms with E-state index >= 15 is 0 Å². The molecule has 0 aliphatic carbocycles. The molecule has 7 heteroatoms. The highest BCUT2D eigenvalue weighted by molar-refractivity contribution is 6.04. The monoisotopic (exact) mass is 372 g/mol. The third-order valence-electron chi connectivity index (χ3n) is 4.40. The molecule has 0 radical (unpaired) electrons. The average molecular weight is 372 g/mol. The Balaban J connectivity index is 1.68. The van der Waals surface area contributed by atoms with Crippen LogP contribution in [0.25, 0.3) is 16.6 Å². The first-order chi connectivity index (χ1) is 13.5. The Kier molecular flexibility index (Phi) is 4.33. The van der Waals surface area contributed by atoms with E-state index in [9.17, 15) is 14.4 Å². The number of aromatic amines is 1. The van der Waals surface area contributed by atoms with Gasteiger partial charge < -0.3 is 10.3 Å². The van der Waals surface area contributed by atoms with E-state index in [1.165, 1.54) is 16.8 Å². The summed E-state index contributed by atoms with van der Waals surface area (Å²) >= 11 is 0. The minimum Gasteiger partial charge on any atom is -0.327 e. The van der Waals surface area contributed by atoms with E-state index in [0.717, 1.165) is 0 Å². The molecule has 138 valence electrons. The fourth-order valence-electron chi connectivity index (χ4n) is 3.02. The number of nitrogens with one attached hydrogen (secondary N) is 2. The van der Waals surface area contributed by atoms with Crippen molar-refractivity contribution >= 4 is 22.5 Å². The summed E-state index contributed by atoms with van der Waals surface area (Å²) < 4.78 is 1.51. The lowest BCUT2D eigenvalue weighted by Crippen LogP contribution is -2.22. The van der Waals surface area contributed by atoms with Crippen molar-refractivity contribution in [2.24, 2.45) is 0 Å². The number of benzene rings is 2. The molecule has 28 heavy (non-hydrogen) atoms. The zero-order chi connectivity index (χ0) is 19.7. The van der Waals surface area contributed by atoms with E-state index in [0.29, 0.717) is 28.0 Å². The molecule has 0 aliphatic rings. The van der Waals surface area contributed by atoms with Crippen LogP contribution in [0, 0.1) is 6.92 Å². The van der Waals surface area contributed by atoms with Crippen molar-refractivity contribution in [3.63, 3.8) is 0 Å². The highest BCUT2D eigenvalue weighted by atomic mass is 16.2. The molecule has 4 rings (SSSR count). The van der Waals surface area contributed by atoms with E-state index in [1.807, 2.05) is 6.07 Å². The maximum atomic E-state index is 12.9. The van der Waals surface area contributed by atoms with E-state index in [2.05, 4.69) is 15.3 Å². The van der Waals surface area contributed by atoms with Gasteiger partial charge in [-0.1, -0.05) is 12.1 Å². The highest BCUT2D eigenvalue weighted by Crippen LogP contribution is 2.14. The van der Waals surface area contributed by atoms with Gasteiger partial charge in [0.1, 0.15) is 11.5 Å². The standard InChI is InChI=1S/C21H16N4O3/c1-13-23-17-6-3-2-5-16(17)21(28)25(13)15-10-8-14(9-11-15)19(26)24-18-7-4-12-22-20(18)27/h2-12H,1H3,(H,22,27)(H,24,26). The molecule has 2 N–H and O–H groups in total. The molecule has 7 nitrogen and oxygen atoms in total. The Bertz CT molecular complexity index is 1300. The molecule has 0 saturated carbocycles. The van der Waals surface area contributed by atoms with Gasteiger partial charge >= 0.3 is 0 Å². The first kappa shape index (κ1) is 17.4. The molecule has 0 unspecified atom stereocenters. The van der Waals surface area contributed by atoms with Gasteiger partial charge in [-0.3, -0.25) is 19.0 Å². The summed E-state index contributed by atoms with van der Waals surface area (Å²) in [6, 6.07) is 16.9. The van der Waals surface area contributed by atoms with E-state index < -0.39 is 5.91 Å². The van der Waals surface area contributed by atoms with Gasteiger partial charge in [-0.2, -0.15) is 0 Å². The number of pyridine rings is 1. The quantitative estimate of drug-likeness (QED) is 0.578. The third kappa shape index (κ3) is 3.09. The highest BCUT2D eigenvalue weighted by Gasteiger charge is 2.12. The zero-order valence-corrected chi connectivity index (χ0v) is 15.0.